The van der Waals surface area contributed by atoms with Crippen LogP contribution in [0.1, 0.15) is 41.3 Å². The summed E-state index contributed by atoms with van der Waals surface area (Å²) in [5, 5.41) is 2.91. The Morgan fingerprint density at radius 1 is 0.872 bits per heavy atom. The average molecular weight is 532 g/mol. The van der Waals surface area contributed by atoms with Gasteiger partial charge in [0, 0.05) is 49.2 Å². The number of anilines is 2. The van der Waals surface area contributed by atoms with Gasteiger partial charge in [0.1, 0.15) is 17.2 Å². The predicted octanol–water partition coefficient (Wildman–Crippen LogP) is 5.12. The van der Waals surface area contributed by atoms with Crippen LogP contribution < -0.4 is 24.4 Å². The first-order valence-electron chi connectivity index (χ1n) is 13.2. The lowest BCUT2D eigenvalue weighted by Crippen LogP contribution is -2.48. The molecule has 1 heterocycles. The molecule has 1 aliphatic heterocycles. The van der Waals surface area contributed by atoms with Crippen molar-refractivity contribution in [3.8, 4) is 17.2 Å². The van der Waals surface area contributed by atoms with Crippen LogP contribution in [0.25, 0.3) is 0 Å². The molecule has 1 aliphatic rings. The van der Waals surface area contributed by atoms with Gasteiger partial charge in [-0.15, -0.1) is 0 Å². The number of rotatable bonds is 9. The second-order valence-corrected chi connectivity index (χ2v) is 9.96. The van der Waals surface area contributed by atoms with Gasteiger partial charge < -0.3 is 29.3 Å². The maximum absolute atomic E-state index is 13.1. The number of methoxy groups -OCH3 is 2. The second-order valence-electron chi connectivity index (χ2n) is 9.96. The van der Waals surface area contributed by atoms with Crippen LogP contribution in [0.5, 0.6) is 17.2 Å². The van der Waals surface area contributed by atoms with E-state index in [0.717, 1.165) is 22.6 Å². The predicted molar refractivity (Wildman–Crippen MR) is 153 cm³/mol. The normalized spacial score (nSPS) is 13.3. The molecule has 2 amide bonds. The molecule has 0 radical (unpaired) electrons. The van der Waals surface area contributed by atoms with Crippen molar-refractivity contribution in [1.82, 2.24) is 4.90 Å². The van der Waals surface area contributed by atoms with Crippen LogP contribution >= 0.6 is 0 Å². The van der Waals surface area contributed by atoms with E-state index in [9.17, 15) is 9.59 Å². The first-order valence-corrected chi connectivity index (χ1v) is 13.2. The summed E-state index contributed by atoms with van der Waals surface area (Å²) in [5.41, 5.74) is 4.48. The topological polar surface area (TPSA) is 80.3 Å². The number of piperazine rings is 1. The minimum Gasteiger partial charge on any atom is -0.497 e. The van der Waals surface area contributed by atoms with Gasteiger partial charge in [0.2, 0.25) is 0 Å². The number of ether oxygens (including phenoxy) is 3. The summed E-state index contributed by atoms with van der Waals surface area (Å²) < 4.78 is 16.5. The zero-order chi connectivity index (χ0) is 27.9. The lowest BCUT2D eigenvalue weighted by molar-refractivity contribution is -0.118. The fourth-order valence-corrected chi connectivity index (χ4v) is 4.62. The number of nitrogens with zero attached hydrogens (tertiary/aromatic N) is 2. The summed E-state index contributed by atoms with van der Waals surface area (Å²) in [6.45, 7) is 8.79. The maximum Gasteiger partial charge on any atom is 0.262 e. The molecule has 8 heteroatoms. The van der Waals surface area contributed by atoms with E-state index < -0.39 is 0 Å². The Morgan fingerprint density at radius 2 is 1.51 bits per heavy atom. The highest BCUT2D eigenvalue weighted by Gasteiger charge is 2.23. The molecule has 1 fully saturated rings. The number of nitrogens with one attached hydrogen (secondary N) is 1. The lowest BCUT2D eigenvalue weighted by Gasteiger charge is -2.36. The molecule has 8 nitrogen and oxygen atoms in total. The Morgan fingerprint density at radius 3 is 2.10 bits per heavy atom. The van der Waals surface area contributed by atoms with Crippen molar-refractivity contribution in [2.24, 2.45) is 0 Å². The number of hydrogen-bond donors (Lipinski definition) is 1. The summed E-state index contributed by atoms with van der Waals surface area (Å²) in [7, 11) is 3.14. The maximum atomic E-state index is 13.1. The Labute approximate surface area is 230 Å². The molecule has 39 heavy (non-hydrogen) atoms. The molecule has 0 atom stereocenters. The third kappa shape index (κ3) is 7.02. The zero-order valence-electron chi connectivity index (χ0n) is 23.3. The van der Waals surface area contributed by atoms with E-state index in [1.807, 2.05) is 42.2 Å². The summed E-state index contributed by atoms with van der Waals surface area (Å²) in [6, 6.07) is 19.0. The molecular weight excluding hydrogens is 494 g/mol. The Bertz CT molecular complexity index is 1280. The van der Waals surface area contributed by atoms with Gasteiger partial charge in [-0.25, -0.2) is 0 Å². The number of carbonyl (C=O) groups is 2. The van der Waals surface area contributed by atoms with Gasteiger partial charge in [-0.05, 0) is 66.4 Å². The molecule has 0 bridgehead atoms. The Balaban J connectivity index is 1.29. The molecule has 0 unspecified atom stereocenters. The molecule has 0 spiro atoms. The lowest BCUT2D eigenvalue weighted by atomic mass is 10.0. The van der Waals surface area contributed by atoms with Crippen molar-refractivity contribution in [2.75, 3.05) is 57.2 Å². The van der Waals surface area contributed by atoms with Crippen molar-refractivity contribution in [1.29, 1.82) is 0 Å². The largest absolute Gasteiger partial charge is 0.497 e. The monoisotopic (exact) mass is 531 g/mol. The highest BCUT2D eigenvalue weighted by molar-refractivity contribution is 5.95. The number of amides is 2. The van der Waals surface area contributed by atoms with Crippen molar-refractivity contribution in [3.05, 3.63) is 77.4 Å². The first-order chi connectivity index (χ1) is 18.8. The van der Waals surface area contributed by atoms with E-state index in [1.54, 1.807) is 32.4 Å². The van der Waals surface area contributed by atoms with Crippen LogP contribution in [-0.2, 0) is 4.79 Å². The highest BCUT2D eigenvalue weighted by Crippen LogP contribution is 2.28. The molecule has 1 N–H and O–H groups in total. The van der Waals surface area contributed by atoms with Crippen LogP contribution in [0, 0.1) is 6.92 Å². The molecule has 3 aromatic rings. The van der Waals surface area contributed by atoms with Crippen LogP contribution in [0.3, 0.4) is 0 Å². The van der Waals surface area contributed by atoms with Crippen molar-refractivity contribution >= 4 is 23.2 Å². The average Bonchev–Trinajstić information content (AvgIpc) is 2.95. The standard InChI is InChI=1S/C31H37N3O5/c1-21(2)28-11-6-22(3)16-29(28)39-20-30(35)32-24-7-9-25(10-8-24)33-12-14-34(15-13-33)31(36)23-17-26(37-4)19-27(18-23)38-5/h6-11,16-19,21H,12-15,20H2,1-5H3,(H,32,35). The number of carbonyl (C=O) groups excluding carboxylic acids is 2. The molecule has 0 saturated carbocycles. The molecule has 0 aliphatic carbocycles. The third-order valence-corrected chi connectivity index (χ3v) is 6.83. The number of benzene rings is 3. The van der Waals surface area contributed by atoms with Crippen LogP contribution in [0.15, 0.2) is 60.7 Å². The summed E-state index contributed by atoms with van der Waals surface area (Å²) in [6.07, 6.45) is 0. The molecule has 1 saturated heterocycles. The minimum absolute atomic E-state index is 0.0432. The molecular formula is C31H37N3O5. The molecule has 4 rings (SSSR count). The van der Waals surface area contributed by atoms with Gasteiger partial charge in [0.05, 0.1) is 14.2 Å². The third-order valence-electron chi connectivity index (χ3n) is 6.83. The van der Waals surface area contributed by atoms with Gasteiger partial charge in [-0.2, -0.15) is 0 Å². The Hall–Kier alpha value is -4.20. The van der Waals surface area contributed by atoms with Crippen LogP contribution in [0.2, 0.25) is 0 Å². The fourth-order valence-electron chi connectivity index (χ4n) is 4.62. The smallest absolute Gasteiger partial charge is 0.262 e. The van der Waals surface area contributed by atoms with Crippen molar-refractivity contribution in [2.45, 2.75) is 26.7 Å². The van der Waals surface area contributed by atoms with Crippen LogP contribution in [0.4, 0.5) is 11.4 Å². The van der Waals surface area contributed by atoms with E-state index in [2.05, 4.69) is 36.2 Å². The van der Waals surface area contributed by atoms with E-state index in [0.29, 0.717) is 54.8 Å². The first kappa shape index (κ1) is 27.8. The van der Waals surface area contributed by atoms with Gasteiger partial charge in [-0.3, -0.25) is 9.59 Å². The minimum atomic E-state index is -0.208. The van der Waals surface area contributed by atoms with E-state index in [1.165, 1.54) is 0 Å². The molecule has 0 aromatic heterocycles. The summed E-state index contributed by atoms with van der Waals surface area (Å²) >= 11 is 0. The fraction of sp³-hybridized carbons (Fsp3) is 0.355. The SMILES string of the molecule is COc1cc(OC)cc(C(=O)N2CCN(c3ccc(NC(=O)COc4cc(C)ccc4C(C)C)cc3)CC2)c1. The van der Waals surface area contributed by atoms with Crippen molar-refractivity contribution < 1.29 is 23.8 Å². The number of hydrogen-bond acceptors (Lipinski definition) is 6. The highest BCUT2D eigenvalue weighted by atomic mass is 16.5. The Kier molecular flexibility index (Phi) is 8.96. The van der Waals surface area contributed by atoms with Gasteiger partial charge in [0.15, 0.2) is 6.61 Å². The summed E-state index contributed by atoms with van der Waals surface area (Å²) in [4.78, 5) is 29.7. The van der Waals surface area contributed by atoms with Gasteiger partial charge in [-0.1, -0.05) is 26.0 Å². The van der Waals surface area contributed by atoms with E-state index >= 15 is 0 Å². The van der Waals surface area contributed by atoms with Gasteiger partial charge >= 0.3 is 0 Å². The summed E-state index contributed by atoms with van der Waals surface area (Å²) in [5.74, 6) is 1.98. The quantitative estimate of drug-likeness (QED) is 0.413. The van der Waals surface area contributed by atoms with Crippen LogP contribution in [-0.4, -0.2) is 63.7 Å². The van der Waals surface area contributed by atoms with Gasteiger partial charge in [0.25, 0.3) is 11.8 Å². The van der Waals surface area contributed by atoms with E-state index in [-0.39, 0.29) is 18.4 Å². The van der Waals surface area contributed by atoms with E-state index in [4.69, 9.17) is 14.2 Å². The molecule has 206 valence electrons. The number of aryl methyl sites for hydroxylation is 1. The molecule has 3 aromatic carbocycles. The zero-order valence-corrected chi connectivity index (χ0v) is 23.3. The second kappa shape index (κ2) is 12.6. The van der Waals surface area contributed by atoms with Crippen molar-refractivity contribution in [3.63, 3.8) is 0 Å².